The Morgan fingerprint density at radius 1 is 1.10 bits per heavy atom. The maximum atomic E-state index is 11.3. The molecule has 5 nitrogen and oxygen atoms in total. The van der Waals surface area contributed by atoms with Crippen LogP contribution in [0.4, 0.5) is 0 Å². The highest BCUT2D eigenvalue weighted by Crippen LogP contribution is 2.43. The number of carbonyl (C=O) groups is 1. The molecule has 0 saturated heterocycles. The minimum atomic E-state index is -1.05. The lowest BCUT2D eigenvalue weighted by atomic mass is 10.0. The number of methoxy groups -OCH3 is 3. The second-order valence-corrected chi connectivity index (χ2v) is 4.93. The van der Waals surface area contributed by atoms with Crippen molar-refractivity contribution in [1.82, 2.24) is 0 Å². The molecule has 112 valence electrons. The van der Waals surface area contributed by atoms with E-state index in [1.807, 2.05) is 0 Å². The van der Waals surface area contributed by atoms with Crippen molar-refractivity contribution in [3.63, 3.8) is 0 Å². The molecule has 0 aliphatic heterocycles. The lowest BCUT2D eigenvalue weighted by Gasteiger charge is -2.17. The largest absolute Gasteiger partial charge is 0.492 e. The Morgan fingerprint density at radius 3 is 2.15 bits per heavy atom. The Kier molecular flexibility index (Phi) is 6.64. The maximum absolute atomic E-state index is 11.3. The number of ether oxygens (including phenoxy) is 3. The van der Waals surface area contributed by atoms with Gasteiger partial charge in [-0.15, -0.1) is 0 Å². The quantitative estimate of drug-likeness (QED) is 0.578. The van der Waals surface area contributed by atoms with E-state index in [4.69, 9.17) is 14.2 Å². The van der Waals surface area contributed by atoms with Crippen molar-refractivity contribution in [2.24, 2.45) is 0 Å². The van der Waals surface area contributed by atoms with Crippen LogP contribution < -0.4 is 14.2 Å². The molecule has 0 spiro atoms. The van der Waals surface area contributed by atoms with Gasteiger partial charge < -0.3 is 19.3 Å². The number of aryl methyl sites for hydroxylation is 1. The van der Waals surface area contributed by atoms with Crippen molar-refractivity contribution >= 4 is 21.9 Å². The van der Waals surface area contributed by atoms with Crippen molar-refractivity contribution < 1.29 is 24.1 Å². The molecule has 0 unspecified atom stereocenters. The normalized spacial score (nSPS) is 10.2. The standard InChI is InChI=1S/C14H19BrO5/c1-18-11-9(6-4-5-7-15)8-10(14(16)17)12(19-2)13(11)20-3/h8H,4-7H2,1-3H3,(H,16,17). The summed E-state index contributed by atoms with van der Waals surface area (Å²) in [4.78, 5) is 11.3. The number of benzene rings is 1. The minimum Gasteiger partial charge on any atom is -0.492 e. The monoisotopic (exact) mass is 346 g/mol. The molecule has 0 atom stereocenters. The summed E-state index contributed by atoms with van der Waals surface area (Å²) in [6, 6.07) is 1.59. The van der Waals surface area contributed by atoms with Gasteiger partial charge in [-0.2, -0.15) is 0 Å². The number of hydrogen-bond donors (Lipinski definition) is 1. The average Bonchev–Trinajstić information content (AvgIpc) is 2.45. The molecule has 1 rings (SSSR count). The third-order valence-electron chi connectivity index (χ3n) is 2.94. The van der Waals surface area contributed by atoms with E-state index < -0.39 is 5.97 Å². The van der Waals surface area contributed by atoms with E-state index in [-0.39, 0.29) is 11.3 Å². The number of hydrogen-bond acceptors (Lipinski definition) is 4. The van der Waals surface area contributed by atoms with Crippen LogP contribution in [0.15, 0.2) is 6.07 Å². The SMILES string of the molecule is COc1c(CCCCBr)cc(C(=O)O)c(OC)c1OC. The van der Waals surface area contributed by atoms with E-state index in [1.54, 1.807) is 6.07 Å². The molecule has 20 heavy (non-hydrogen) atoms. The first-order valence-corrected chi connectivity index (χ1v) is 7.33. The second-order valence-electron chi connectivity index (χ2n) is 4.13. The number of rotatable bonds is 8. The molecule has 0 bridgehead atoms. The summed E-state index contributed by atoms with van der Waals surface area (Å²) in [5, 5.41) is 10.2. The van der Waals surface area contributed by atoms with Gasteiger partial charge in [0.2, 0.25) is 5.75 Å². The first kappa shape index (κ1) is 16.6. The van der Waals surface area contributed by atoms with Crippen LogP contribution in [0, 0.1) is 0 Å². The zero-order valence-corrected chi connectivity index (χ0v) is 13.4. The van der Waals surface area contributed by atoms with Crippen molar-refractivity contribution in [3.05, 3.63) is 17.2 Å². The van der Waals surface area contributed by atoms with Gasteiger partial charge in [0.25, 0.3) is 0 Å². The summed E-state index contributed by atoms with van der Waals surface area (Å²) in [5.41, 5.74) is 0.891. The first-order valence-electron chi connectivity index (χ1n) is 6.21. The van der Waals surface area contributed by atoms with Crippen molar-refractivity contribution in [2.45, 2.75) is 19.3 Å². The summed E-state index contributed by atoms with van der Waals surface area (Å²) in [5.74, 6) is -0.0155. The first-order chi connectivity index (χ1) is 9.60. The van der Waals surface area contributed by atoms with Crippen molar-refractivity contribution in [2.75, 3.05) is 26.7 Å². The summed E-state index contributed by atoms with van der Waals surface area (Å²) < 4.78 is 15.8. The number of aromatic carboxylic acids is 1. The molecule has 1 aromatic rings. The Bertz CT molecular complexity index is 473. The topological polar surface area (TPSA) is 65.0 Å². The van der Waals surface area contributed by atoms with E-state index in [2.05, 4.69) is 15.9 Å². The van der Waals surface area contributed by atoms with Gasteiger partial charge in [0, 0.05) is 5.33 Å². The highest BCUT2D eigenvalue weighted by Gasteiger charge is 2.23. The Balaban J connectivity index is 3.34. The van der Waals surface area contributed by atoms with Crippen LogP contribution in [-0.4, -0.2) is 37.7 Å². The molecular weight excluding hydrogens is 328 g/mol. The molecule has 0 aliphatic carbocycles. The number of unbranched alkanes of at least 4 members (excludes halogenated alkanes) is 1. The van der Waals surface area contributed by atoms with E-state index in [1.165, 1.54) is 21.3 Å². The molecular formula is C14H19BrO5. The highest BCUT2D eigenvalue weighted by atomic mass is 79.9. The maximum Gasteiger partial charge on any atom is 0.339 e. The van der Waals surface area contributed by atoms with E-state index in [0.29, 0.717) is 11.5 Å². The minimum absolute atomic E-state index is 0.0824. The third-order valence-corrected chi connectivity index (χ3v) is 3.50. The fraction of sp³-hybridized carbons (Fsp3) is 0.500. The van der Waals surface area contributed by atoms with Crippen molar-refractivity contribution in [1.29, 1.82) is 0 Å². The lowest BCUT2D eigenvalue weighted by Crippen LogP contribution is -2.07. The zero-order chi connectivity index (χ0) is 15.1. The predicted octanol–water partition coefficient (Wildman–Crippen LogP) is 3.13. The van der Waals surface area contributed by atoms with Gasteiger partial charge in [0.15, 0.2) is 11.5 Å². The number of alkyl halides is 1. The molecule has 0 fully saturated rings. The van der Waals surface area contributed by atoms with Gasteiger partial charge in [-0.3, -0.25) is 0 Å². The van der Waals surface area contributed by atoms with E-state index in [0.717, 1.165) is 30.2 Å². The number of carboxylic acid groups (broad SMARTS) is 1. The molecule has 0 radical (unpaired) electrons. The Morgan fingerprint density at radius 2 is 1.70 bits per heavy atom. The molecule has 0 aromatic heterocycles. The Hall–Kier alpha value is -1.43. The number of halogens is 1. The highest BCUT2D eigenvalue weighted by molar-refractivity contribution is 9.09. The van der Waals surface area contributed by atoms with Crippen LogP contribution >= 0.6 is 15.9 Å². The summed E-state index contributed by atoms with van der Waals surface area (Å²) in [7, 11) is 4.41. The molecule has 1 aromatic carbocycles. The van der Waals surface area contributed by atoms with Gasteiger partial charge in [-0.1, -0.05) is 15.9 Å². The number of carboxylic acids is 1. The fourth-order valence-electron chi connectivity index (χ4n) is 2.04. The van der Waals surface area contributed by atoms with E-state index in [9.17, 15) is 9.90 Å². The van der Waals surface area contributed by atoms with Gasteiger partial charge in [-0.25, -0.2) is 4.79 Å². The average molecular weight is 347 g/mol. The molecule has 0 aliphatic rings. The molecule has 1 N–H and O–H groups in total. The second kappa shape index (κ2) is 7.99. The van der Waals surface area contributed by atoms with Crippen LogP contribution in [-0.2, 0) is 6.42 Å². The molecule has 0 saturated carbocycles. The summed E-state index contributed by atoms with van der Waals surface area (Å²) in [6.45, 7) is 0. The van der Waals surface area contributed by atoms with Crippen LogP contribution in [0.25, 0.3) is 0 Å². The van der Waals surface area contributed by atoms with Gasteiger partial charge in [0.05, 0.1) is 21.3 Å². The van der Waals surface area contributed by atoms with Gasteiger partial charge in [-0.05, 0) is 30.9 Å². The molecule has 6 heteroatoms. The van der Waals surface area contributed by atoms with Gasteiger partial charge in [0.1, 0.15) is 5.56 Å². The fourth-order valence-corrected chi connectivity index (χ4v) is 2.44. The molecule has 0 amide bonds. The van der Waals surface area contributed by atoms with Gasteiger partial charge >= 0.3 is 5.97 Å². The summed E-state index contributed by atoms with van der Waals surface area (Å²) >= 11 is 3.38. The van der Waals surface area contributed by atoms with Crippen LogP contribution in [0.3, 0.4) is 0 Å². The zero-order valence-electron chi connectivity index (χ0n) is 11.9. The predicted molar refractivity (Wildman–Crippen MR) is 79.8 cm³/mol. The van der Waals surface area contributed by atoms with Crippen LogP contribution in [0.1, 0.15) is 28.8 Å². The van der Waals surface area contributed by atoms with Crippen LogP contribution in [0.2, 0.25) is 0 Å². The van der Waals surface area contributed by atoms with Crippen molar-refractivity contribution in [3.8, 4) is 17.2 Å². The van der Waals surface area contributed by atoms with Crippen LogP contribution in [0.5, 0.6) is 17.2 Å². The smallest absolute Gasteiger partial charge is 0.339 e. The third kappa shape index (κ3) is 3.56. The lowest BCUT2D eigenvalue weighted by molar-refractivity contribution is 0.0692. The van der Waals surface area contributed by atoms with E-state index >= 15 is 0 Å². The summed E-state index contributed by atoms with van der Waals surface area (Å²) in [6.07, 6.45) is 2.64. The Labute approximate surface area is 127 Å². The molecule has 0 heterocycles.